The zero-order chi connectivity index (χ0) is 36.0. The Morgan fingerprint density at radius 3 is 1.67 bits per heavy atom. The van der Waals surface area contributed by atoms with Crippen molar-refractivity contribution in [2.75, 3.05) is 13.1 Å². The van der Waals surface area contributed by atoms with Gasteiger partial charge in [-0.2, -0.15) is 0 Å². The molecule has 1 aliphatic heterocycles. The molecule has 0 radical (unpaired) electrons. The molecule has 7 rings (SSSR count). The molecule has 2 N–H and O–H groups in total. The molecule has 4 fully saturated rings. The fourth-order valence-corrected chi connectivity index (χ4v) is 21.0. The zero-order valence-electron chi connectivity index (χ0n) is 32.5. The Bertz CT molecular complexity index is 1650. The molecule has 0 bridgehead atoms. The Morgan fingerprint density at radius 1 is 0.647 bits per heavy atom. The molecule has 0 amide bonds. The molecule has 2 nitrogen and oxygen atoms in total. The number of nitrogens with one attached hydrogen (secondary N) is 2. The molecule has 2 atom stereocenters. The predicted octanol–water partition coefficient (Wildman–Crippen LogP) is 11.0. The maximum atomic E-state index is 3.86. The summed E-state index contributed by atoms with van der Waals surface area (Å²) in [6.45, 7) is 16.7. The van der Waals surface area contributed by atoms with Gasteiger partial charge in [0.25, 0.3) is 0 Å². The maximum absolute atomic E-state index is 3.86. The Labute approximate surface area is 321 Å². The molecular formula is C47H65N2PRu. The quantitative estimate of drug-likeness (QED) is 0.192. The monoisotopic (exact) mass is 790 g/mol. The Kier molecular flexibility index (Phi) is 13.3. The summed E-state index contributed by atoms with van der Waals surface area (Å²) in [4.78, 5) is 0. The van der Waals surface area contributed by atoms with Crippen LogP contribution in [-0.4, -0.2) is 34.3 Å². The molecule has 3 aromatic rings. The first-order valence-corrected chi connectivity index (χ1v) is 23.5. The van der Waals surface area contributed by atoms with Gasteiger partial charge in [-0.3, -0.25) is 0 Å². The fraction of sp³-hybridized carbons (Fsp3) is 0.532. The number of hydrogen-bond donors (Lipinski definition) is 2. The third kappa shape index (κ3) is 8.28. The van der Waals surface area contributed by atoms with E-state index < -0.39 is 7.26 Å². The van der Waals surface area contributed by atoms with Crippen LogP contribution in [0.1, 0.15) is 134 Å². The normalized spacial score (nSPS) is 21.9. The first-order chi connectivity index (χ1) is 24.7. The zero-order valence-corrected chi connectivity index (χ0v) is 35.3. The summed E-state index contributed by atoms with van der Waals surface area (Å²) in [5, 5.41) is 9.64. The van der Waals surface area contributed by atoms with E-state index in [0.717, 1.165) is 30.1 Å². The summed E-state index contributed by atoms with van der Waals surface area (Å²) in [5.74, 6) is 1.93. The van der Waals surface area contributed by atoms with Gasteiger partial charge < -0.3 is 0 Å². The Balaban J connectivity index is 0.000000435. The molecule has 0 aromatic heterocycles. The van der Waals surface area contributed by atoms with E-state index in [0.29, 0.717) is 5.92 Å². The van der Waals surface area contributed by atoms with Gasteiger partial charge in [0.15, 0.2) is 0 Å². The van der Waals surface area contributed by atoms with Crippen LogP contribution >= 0.6 is 7.26 Å². The number of aryl methyl sites for hydroxylation is 6. The minimum atomic E-state index is -2.07. The van der Waals surface area contributed by atoms with Crippen molar-refractivity contribution in [2.45, 2.75) is 148 Å². The average molecular weight is 790 g/mol. The summed E-state index contributed by atoms with van der Waals surface area (Å²) in [7, 11) is -2.07. The predicted molar refractivity (Wildman–Crippen MR) is 222 cm³/mol. The van der Waals surface area contributed by atoms with Crippen LogP contribution in [0.25, 0.3) is 6.08 Å². The van der Waals surface area contributed by atoms with Crippen molar-refractivity contribution in [3.05, 3.63) is 110 Å². The minimum absolute atomic E-state index is 0.531. The van der Waals surface area contributed by atoms with Gasteiger partial charge in [0.2, 0.25) is 0 Å². The Hall–Kier alpha value is -2.30. The summed E-state index contributed by atoms with van der Waals surface area (Å²) in [6, 6.07) is 20.3. The van der Waals surface area contributed by atoms with Gasteiger partial charge in [0.1, 0.15) is 0 Å². The van der Waals surface area contributed by atoms with E-state index in [4.69, 9.17) is 0 Å². The first-order valence-electron chi connectivity index (χ1n) is 20.4. The van der Waals surface area contributed by atoms with Gasteiger partial charge in [-0.25, -0.2) is 0 Å². The van der Waals surface area contributed by atoms with Crippen LogP contribution in [0.4, 0.5) is 0 Å². The van der Waals surface area contributed by atoms with E-state index in [2.05, 4.69) is 98.6 Å². The van der Waals surface area contributed by atoms with Gasteiger partial charge in [-0.05, 0) is 0 Å². The molecule has 3 aliphatic carbocycles. The van der Waals surface area contributed by atoms with E-state index in [-0.39, 0.29) is 0 Å². The molecule has 4 heteroatoms. The molecule has 1 saturated heterocycles. The molecule has 2 unspecified atom stereocenters. The molecule has 1 heterocycles. The van der Waals surface area contributed by atoms with Gasteiger partial charge in [-0.15, -0.1) is 0 Å². The molecule has 3 saturated carbocycles. The second-order valence-corrected chi connectivity index (χ2v) is 21.8. The number of benzene rings is 3. The topological polar surface area (TPSA) is 24.1 Å². The van der Waals surface area contributed by atoms with E-state index in [1.165, 1.54) is 117 Å². The Morgan fingerprint density at radius 2 is 1.16 bits per heavy atom. The van der Waals surface area contributed by atoms with Crippen molar-refractivity contribution in [3.63, 3.8) is 0 Å². The molecule has 4 aliphatic rings. The second-order valence-electron chi connectivity index (χ2n) is 16.6. The average Bonchev–Trinajstić information content (AvgIpc) is 3.66. The van der Waals surface area contributed by atoms with Crippen molar-refractivity contribution < 1.29 is 17.9 Å². The van der Waals surface area contributed by atoms with Crippen LogP contribution < -0.4 is 15.9 Å². The van der Waals surface area contributed by atoms with Crippen molar-refractivity contribution in [1.82, 2.24) is 10.6 Å². The van der Waals surface area contributed by atoms with Crippen LogP contribution in [0, 0.1) is 41.5 Å². The summed E-state index contributed by atoms with van der Waals surface area (Å²) >= 11 is 2.34. The molecule has 3 aromatic carbocycles. The first kappa shape index (κ1) is 38.4. The summed E-state index contributed by atoms with van der Waals surface area (Å²) < 4.78 is 2.89. The second kappa shape index (κ2) is 17.7. The van der Waals surface area contributed by atoms with Gasteiger partial charge >= 0.3 is 323 Å². The summed E-state index contributed by atoms with van der Waals surface area (Å²) in [6.07, 6.45) is 20.6. The van der Waals surface area contributed by atoms with Crippen LogP contribution in [0.2, 0.25) is 0 Å². The van der Waals surface area contributed by atoms with Crippen LogP contribution in [0.3, 0.4) is 0 Å². The summed E-state index contributed by atoms with van der Waals surface area (Å²) in [5.41, 5.74) is 16.4. The van der Waals surface area contributed by atoms with Gasteiger partial charge in [0, 0.05) is 0 Å². The number of allylic oxidation sites excluding steroid dienone is 1. The van der Waals surface area contributed by atoms with Crippen molar-refractivity contribution in [2.24, 2.45) is 0 Å². The number of hydrogen-bond acceptors (Lipinski definition) is 2. The van der Waals surface area contributed by atoms with E-state index >= 15 is 0 Å². The third-order valence-corrected chi connectivity index (χ3v) is 20.8. The standard InChI is InChI=1S/C39H59N2P.C8H6.Ru/c1-26-22-28(3)36(29(4)23-26)37-34(39-40-20-21-41-39)18-13-19-35(37)42(32-14-9-7-10-15-32,33-16-11-8-12-17-33)38-30(5)24-27(2)25-31(38)6;1-2-8-6-4-3-5-7-8;/h22-25,32-33,35,37,40-42H,7-21H2,1-6H3;2-7H;. The van der Waals surface area contributed by atoms with Crippen molar-refractivity contribution >= 4 is 22.9 Å². The van der Waals surface area contributed by atoms with Gasteiger partial charge in [0.05, 0.1) is 0 Å². The van der Waals surface area contributed by atoms with Gasteiger partial charge in [-0.1, -0.05) is 0 Å². The van der Waals surface area contributed by atoms with E-state index in [1.807, 2.05) is 41.7 Å². The fourth-order valence-electron chi connectivity index (χ4n) is 11.8. The van der Waals surface area contributed by atoms with Crippen molar-refractivity contribution in [1.29, 1.82) is 0 Å². The van der Waals surface area contributed by atoms with Crippen LogP contribution in [-0.2, 0) is 17.9 Å². The molecule has 0 spiro atoms. The van der Waals surface area contributed by atoms with Crippen LogP contribution in [0.15, 0.2) is 66.0 Å². The molecular weight excluding hydrogens is 725 g/mol. The SMILES string of the molecule is Cc1cc(C)c(C2C(=C3NCCN3)CCCC2[PH](c2c(C)cc(C)cc2C)(C2CCCCC2)C2CCCCC2)c(C)c1.[Ru]=[C]=Cc1ccccc1. The molecule has 276 valence electrons. The number of rotatable bonds is 6. The molecule has 51 heavy (non-hydrogen) atoms. The van der Waals surface area contributed by atoms with E-state index in [1.54, 1.807) is 22.3 Å². The van der Waals surface area contributed by atoms with E-state index in [9.17, 15) is 0 Å². The van der Waals surface area contributed by atoms with Crippen LogP contribution in [0.5, 0.6) is 0 Å². The van der Waals surface area contributed by atoms with Crippen molar-refractivity contribution in [3.8, 4) is 0 Å². The third-order valence-electron chi connectivity index (χ3n) is 13.1.